The van der Waals surface area contributed by atoms with Crippen molar-refractivity contribution >= 4 is 27.6 Å². The molecule has 0 saturated carbocycles. The number of hydrogen-bond acceptors (Lipinski definition) is 1. The Labute approximate surface area is 121 Å². The Bertz CT molecular complexity index is 584. The SMILES string of the molecule is Cc1cccc(NC(=O)NCc2ccccc2Br)c1. The summed E-state index contributed by atoms with van der Waals surface area (Å²) >= 11 is 3.45. The Balaban J connectivity index is 1.90. The molecule has 0 aliphatic carbocycles. The third kappa shape index (κ3) is 4.10. The molecule has 0 fully saturated rings. The Morgan fingerprint density at radius 3 is 2.68 bits per heavy atom. The molecule has 2 amide bonds. The standard InChI is InChI=1S/C15H15BrN2O/c1-11-5-4-7-13(9-11)18-15(19)17-10-12-6-2-3-8-14(12)16/h2-9H,10H2,1H3,(H2,17,18,19). The quantitative estimate of drug-likeness (QED) is 0.879. The fourth-order valence-corrected chi connectivity index (χ4v) is 2.14. The van der Waals surface area contributed by atoms with Crippen LogP contribution < -0.4 is 10.6 Å². The largest absolute Gasteiger partial charge is 0.334 e. The first-order valence-electron chi connectivity index (χ1n) is 6.00. The molecule has 0 radical (unpaired) electrons. The van der Waals surface area contributed by atoms with Crippen LogP contribution in [-0.4, -0.2) is 6.03 Å². The van der Waals surface area contributed by atoms with Crippen molar-refractivity contribution in [3.8, 4) is 0 Å². The third-order valence-corrected chi connectivity index (χ3v) is 3.45. The van der Waals surface area contributed by atoms with Gasteiger partial charge in [0.15, 0.2) is 0 Å². The fourth-order valence-electron chi connectivity index (χ4n) is 1.72. The fraction of sp³-hybridized carbons (Fsp3) is 0.133. The molecular weight excluding hydrogens is 304 g/mol. The highest BCUT2D eigenvalue weighted by atomic mass is 79.9. The molecule has 98 valence electrons. The molecule has 2 aromatic rings. The number of rotatable bonds is 3. The monoisotopic (exact) mass is 318 g/mol. The minimum atomic E-state index is -0.207. The van der Waals surface area contributed by atoms with Gasteiger partial charge in [-0.15, -0.1) is 0 Å². The maximum absolute atomic E-state index is 11.8. The number of amides is 2. The predicted molar refractivity (Wildman–Crippen MR) is 81.2 cm³/mol. The zero-order valence-corrected chi connectivity index (χ0v) is 12.2. The summed E-state index contributed by atoms with van der Waals surface area (Å²) in [4.78, 5) is 11.8. The first-order chi connectivity index (χ1) is 9.15. The number of carbonyl (C=O) groups excluding carboxylic acids is 1. The van der Waals surface area contributed by atoms with Crippen LogP contribution in [0.3, 0.4) is 0 Å². The number of nitrogens with one attached hydrogen (secondary N) is 2. The van der Waals surface area contributed by atoms with Crippen molar-refractivity contribution in [3.05, 3.63) is 64.1 Å². The number of halogens is 1. The summed E-state index contributed by atoms with van der Waals surface area (Å²) in [5.41, 5.74) is 2.95. The summed E-state index contributed by atoms with van der Waals surface area (Å²) in [6.07, 6.45) is 0. The van der Waals surface area contributed by atoms with Crippen molar-refractivity contribution < 1.29 is 4.79 Å². The van der Waals surface area contributed by atoms with E-state index >= 15 is 0 Å². The lowest BCUT2D eigenvalue weighted by Crippen LogP contribution is -2.28. The second-order valence-corrected chi connectivity index (χ2v) is 5.12. The maximum atomic E-state index is 11.8. The Morgan fingerprint density at radius 1 is 1.16 bits per heavy atom. The Morgan fingerprint density at radius 2 is 1.95 bits per heavy atom. The summed E-state index contributed by atoms with van der Waals surface area (Å²) in [6, 6.07) is 15.3. The number of hydrogen-bond donors (Lipinski definition) is 2. The smallest absolute Gasteiger partial charge is 0.319 e. The molecule has 0 spiro atoms. The van der Waals surface area contributed by atoms with E-state index in [0.717, 1.165) is 21.3 Å². The van der Waals surface area contributed by atoms with Gasteiger partial charge in [-0.2, -0.15) is 0 Å². The van der Waals surface area contributed by atoms with E-state index in [0.29, 0.717) is 6.54 Å². The average Bonchev–Trinajstić information content (AvgIpc) is 2.38. The van der Waals surface area contributed by atoms with Crippen molar-refractivity contribution in [2.75, 3.05) is 5.32 Å². The first kappa shape index (κ1) is 13.6. The molecular formula is C15H15BrN2O. The van der Waals surface area contributed by atoms with E-state index in [-0.39, 0.29) is 6.03 Å². The highest BCUT2D eigenvalue weighted by molar-refractivity contribution is 9.10. The van der Waals surface area contributed by atoms with Crippen molar-refractivity contribution in [2.45, 2.75) is 13.5 Å². The lowest BCUT2D eigenvalue weighted by molar-refractivity contribution is 0.251. The molecule has 0 atom stereocenters. The van der Waals surface area contributed by atoms with Gasteiger partial charge >= 0.3 is 6.03 Å². The molecule has 2 aromatic carbocycles. The van der Waals surface area contributed by atoms with E-state index in [2.05, 4.69) is 26.6 Å². The van der Waals surface area contributed by atoms with E-state index in [1.165, 1.54) is 0 Å². The molecule has 2 rings (SSSR count). The van der Waals surface area contributed by atoms with Gasteiger partial charge < -0.3 is 10.6 Å². The van der Waals surface area contributed by atoms with Crippen LogP contribution >= 0.6 is 15.9 Å². The summed E-state index contributed by atoms with van der Waals surface area (Å²) in [6.45, 7) is 2.48. The zero-order valence-electron chi connectivity index (χ0n) is 10.6. The molecule has 0 heterocycles. The minimum absolute atomic E-state index is 0.207. The van der Waals surface area contributed by atoms with Gasteiger partial charge in [-0.3, -0.25) is 0 Å². The first-order valence-corrected chi connectivity index (χ1v) is 6.79. The van der Waals surface area contributed by atoms with Crippen LogP contribution in [0.15, 0.2) is 53.0 Å². The van der Waals surface area contributed by atoms with Crippen LogP contribution in [0.2, 0.25) is 0 Å². The zero-order chi connectivity index (χ0) is 13.7. The molecule has 3 nitrogen and oxygen atoms in total. The van der Waals surface area contributed by atoms with E-state index in [4.69, 9.17) is 0 Å². The lowest BCUT2D eigenvalue weighted by Gasteiger charge is -2.09. The number of anilines is 1. The summed E-state index contributed by atoms with van der Waals surface area (Å²) in [7, 11) is 0. The van der Waals surface area contributed by atoms with Crippen LogP contribution in [0.5, 0.6) is 0 Å². The van der Waals surface area contributed by atoms with Gasteiger partial charge in [-0.1, -0.05) is 46.3 Å². The second kappa shape index (κ2) is 6.38. The van der Waals surface area contributed by atoms with E-state index in [1.807, 2.05) is 55.5 Å². The van der Waals surface area contributed by atoms with Gasteiger partial charge in [0.25, 0.3) is 0 Å². The van der Waals surface area contributed by atoms with Crippen LogP contribution in [-0.2, 0) is 6.54 Å². The van der Waals surface area contributed by atoms with Gasteiger partial charge in [0, 0.05) is 16.7 Å². The summed E-state index contributed by atoms with van der Waals surface area (Å²) in [5, 5.41) is 5.63. The number of carbonyl (C=O) groups is 1. The topological polar surface area (TPSA) is 41.1 Å². The van der Waals surface area contributed by atoms with Gasteiger partial charge in [0.2, 0.25) is 0 Å². The van der Waals surface area contributed by atoms with E-state index < -0.39 is 0 Å². The summed E-state index contributed by atoms with van der Waals surface area (Å²) < 4.78 is 0.992. The number of urea groups is 1. The average molecular weight is 319 g/mol. The highest BCUT2D eigenvalue weighted by Crippen LogP contribution is 2.15. The Kier molecular flexibility index (Phi) is 4.58. The Hall–Kier alpha value is -1.81. The predicted octanol–water partition coefficient (Wildman–Crippen LogP) is 4.08. The molecule has 0 aromatic heterocycles. The van der Waals surface area contributed by atoms with E-state index in [1.54, 1.807) is 0 Å². The molecule has 0 bridgehead atoms. The molecule has 19 heavy (non-hydrogen) atoms. The van der Waals surface area contributed by atoms with Crippen LogP contribution in [0, 0.1) is 6.92 Å². The minimum Gasteiger partial charge on any atom is -0.334 e. The van der Waals surface area contributed by atoms with E-state index in [9.17, 15) is 4.79 Å². The van der Waals surface area contributed by atoms with Crippen LogP contribution in [0.25, 0.3) is 0 Å². The van der Waals surface area contributed by atoms with Crippen LogP contribution in [0.4, 0.5) is 10.5 Å². The maximum Gasteiger partial charge on any atom is 0.319 e. The lowest BCUT2D eigenvalue weighted by atomic mass is 10.2. The van der Waals surface area contributed by atoms with Gasteiger partial charge in [0.05, 0.1) is 0 Å². The molecule has 4 heteroatoms. The molecule has 2 N–H and O–H groups in total. The van der Waals surface area contributed by atoms with Crippen LogP contribution in [0.1, 0.15) is 11.1 Å². The number of aryl methyl sites for hydroxylation is 1. The van der Waals surface area contributed by atoms with Crippen molar-refractivity contribution in [3.63, 3.8) is 0 Å². The van der Waals surface area contributed by atoms with Gasteiger partial charge in [0.1, 0.15) is 0 Å². The van der Waals surface area contributed by atoms with Crippen molar-refractivity contribution in [2.24, 2.45) is 0 Å². The highest BCUT2D eigenvalue weighted by Gasteiger charge is 2.03. The molecule has 0 unspecified atom stereocenters. The second-order valence-electron chi connectivity index (χ2n) is 4.27. The normalized spacial score (nSPS) is 10.0. The van der Waals surface area contributed by atoms with Crippen molar-refractivity contribution in [1.82, 2.24) is 5.32 Å². The molecule has 0 aliphatic heterocycles. The third-order valence-electron chi connectivity index (χ3n) is 2.67. The van der Waals surface area contributed by atoms with Gasteiger partial charge in [-0.05, 0) is 36.2 Å². The number of benzene rings is 2. The van der Waals surface area contributed by atoms with Gasteiger partial charge in [-0.25, -0.2) is 4.79 Å². The molecule has 0 saturated heterocycles. The molecule has 0 aliphatic rings. The summed E-state index contributed by atoms with van der Waals surface area (Å²) in [5.74, 6) is 0. The van der Waals surface area contributed by atoms with Crippen molar-refractivity contribution in [1.29, 1.82) is 0 Å².